The predicted molar refractivity (Wildman–Crippen MR) is 98.0 cm³/mol. The van der Waals surface area contributed by atoms with Crippen molar-refractivity contribution in [3.63, 3.8) is 0 Å². The highest BCUT2D eigenvalue weighted by Gasteiger charge is 2.18. The van der Waals surface area contributed by atoms with Crippen molar-refractivity contribution in [1.82, 2.24) is 5.32 Å². The molecule has 1 amide bonds. The number of alkyl halides is 2. The van der Waals surface area contributed by atoms with Gasteiger partial charge in [-0.1, -0.05) is 38.1 Å². The molecular weight excluding hydrogens is 370 g/mol. The first-order valence-electron chi connectivity index (χ1n) is 7.54. The third kappa shape index (κ3) is 5.95. The summed E-state index contributed by atoms with van der Waals surface area (Å²) in [6.45, 7) is 1.45. The minimum absolute atomic E-state index is 0. The molecule has 0 radical (unpaired) electrons. The van der Waals surface area contributed by atoms with Gasteiger partial charge in [0.2, 0.25) is 0 Å². The summed E-state index contributed by atoms with van der Waals surface area (Å²) in [5.41, 5.74) is 8.19. The van der Waals surface area contributed by atoms with E-state index in [-0.39, 0.29) is 35.6 Å². The molecule has 25 heavy (non-hydrogen) atoms. The van der Waals surface area contributed by atoms with E-state index in [4.69, 9.17) is 5.73 Å². The molecule has 0 saturated carbocycles. The van der Waals surface area contributed by atoms with Gasteiger partial charge in [0.1, 0.15) is 10.6 Å². The Balaban J connectivity index is 0.00000312. The van der Waals surface area contributed by atoms with E-state index in [9.17, 15) is 13.6 Å². The fraction of sp³-hybridized carbons (Fsp3) is 0.353. The van der Waals surface area contributed by atoms with Gasteiger partial charge in [0.25, 0.3) is 5.91 Å². The second-order valence-electron chi connectivity index (χ2n) is 5.63. The molecule has 2 rings (SSSR count). The summed E-state index contributed by atoms with van der Waals surface area (Å²) in [5.74, 6) is -0.167. The normalized spacial score (nSPS) is 12.0. The van der Waals surface area contributed by atoms with Gasteiger partial charge in [-0.05, 0) is 28.5 Å². The molecule has 1 heterocycles. The van der Waals surface area contributed by atoms with Crippen LogP contribution in [0.15, 0.2) is 35.7 Å². The van der Waals surface area contributed by atoms with E-state index in [1.807, 2.05) is 24.3 Å². The number of carbonyl (C=O) groups is 1. The number of nitrogens with one attached hydrogen (secondary N) is 1. The van der Waals surface area contributed by atoms with Gasteiger partial charge in [-0.2, -0.15) is 8.78 Å². The van der Waals surface area contributed by atoms with Crippen LogP contribution in [0.4, 0.5) is 8.78 Å². The number of halogens is 3. The molecule has 4 nitrogen and oxygen atoms in total. The summed E-state index contributed by atoms with van der Waals surface area (Å²) in [4.78, 5) is 12.2. The lowest BCUT2D eigenvalue weighted by atomic mass is 9.99. The van der Waals surface area contributed by atoms with Crippen LogP contribution in [0.25, 0.3) is 0 Å². The molecule has 0 bridgehead atoms. The van der Waals surface area contributed by atoms with Crippen LogP contribution in [0.3, 0.4) is 0 Å². The summed E-state index contributed by atoms with van der Waals surface area (Å²) in [6.07, 6.45) is 0. The zero-order valence-corrected chi connectivity index (χ0v) is 15.5. The lowest BCUT2D eigenvalue weighted by Gasteiger charge is -2.14. The molecule has 2 aromatic rings. The number of nitrogens with two attached hydrogens (primary N) is 1. The summed E-state index contributed by atoms with van der Waals surface area (Å²) in [5, 5.41) is 4.18. The second-order valence-corrected chi connectivity index (χ2v) is 6.55. The highest BCUT2D eigenvalue weighted by molar-refractivity contribution is 7.12. The summed E-state index contributed by atoms with van der Waals surface area (Å²) < 4.78 is 28.9. The SMILES string of the molecule is CC(C)c1ccc(C(N)CNC(=O)c2sccc2OC(F)F)cc1.Cl. The van der Waals surface area contributed by atoms with Gasteiger partial charge in [0, 0.05) is 12.6 Å². The molecule has 1 unspecified atom stereocenters. The number of ether oxygens (including phenoxy) is 1. The van der Waals surface area contributed by atoms with Crippen LogP contribution in [0.5, 0.6) is 5.75 Å². The van der Waals surface area contributed by atoms with Gasteiger partial charge in [-0.25, -0.2) is 0 Å². The smallest absolute Gasteiger partial charge is 0.387 e. The molecule has 1 aromatic heterocycles. The molecule has 8 heteroatoms. The lowest BCUT2D eigenvalue weighted by Crippen LogP contribution is -2.31. The maximum Gasteiger partial charge on any atom is 0.387 e. The molecule has 3 N–H and O–H groups in total. The molecule has 0 saturated heterocycles. The Morgan fingerprint density at radius 2 is 1.80 bits per heavy atom. The van der Waals surface area contributed by atoms with Crippen LogP contribution in [-0.2, 0) is 0 Å². The first kappa shape index (κ1) is 21.3. The van der Waals surface area contributed by atoms with E-state index in [1.54, 1.807) is 0 Å². The van der Waals surface area contributed by atoms with Crippen molar-refractivity contribution < 1.29 is 18.3 Å². The van der Waals surface area contributed by atoms with Crippen molar-refractivity contribution in [3.8, 4) is 5.75 Å². The summed E-state index contributed by atoms with van der Waals surface area (Å²) in [6, 6.07) is 8.85. The number of carbonyl (C=O) groups excluding carboxylic acids is 1. The molecular formula is C17H21ClF2N2O2S. The van der Waals surface area contributed by atoms with Crippen LogP contribution in [0.2, 0.25) is 0 Å². The van der Waals surface area contributed by atoms with Crippen LogP contribution >= 0.6 is 23.7 Å². The van der Waals surface area contributed by atoms with Gasteiger partial charge < -0.3 is 15.8 Å². The Labute approximate surface area is 155 Å². The van der Waals surface area contributed by atoms with Gasteiger partial charge in [-0.15, -0.1) is 23.7 Å². The molecule has 0 aliphatic rings. The molecule has 0 aliphatic carbocycles. The van der Waals surface area contributed by atoms with Crippen molar-refractivity contribution in [1.29, 1.82) is 0 Å². The Kier molecular flexibility index (Phi) is 8.28. The van der Waals surface area contributed by atoms with Crippen molar-refractivity contribution >= 4 is 29.7 Å². The van der Waals surface area contributed by atoms with Crippen molar-refractivity contribution in [3.05, 3.63) is 51.7 Å². The molecule has 0 spiro atoms. The standard InChI is InChI=1S/C17H20F2N2O2S.ClH/c1-10(2)11-3-5-12(6-4-11)13(20)9-21-16(22)15-14(7-8-24-15)23-17(18)19;/h3-8,10,13,17H,9,20H2,1-2H3,(H,21,22);1H. The largest absolute Gasteiger partial charge is 0.433 e. The Bertz CT molecular complexity index is 678. The number of amides is 1. The fourth-order valence-electron chi connectivity index (χ4n) is 2.18. The highest BCUT2D eigenvalue weighted by atomic mass is 35.5. The molecule has 0 fully saturated rings. The number of benzene rings is 1. The van der Waals surface area contributed by atoms with E-state index >= 15 is 0 Å². The molecule has 138 valence electrons. The quantitative estimate of drug-likeness (QED) is 0.739. The van der Waals surface area contributed by atoms with E-state index in [2.05, 4.69) is 23.9 Å². The van der Waals surface area contributed by atoms with Crippen molar-refractivity contribution in [2.75, 3.05) is 6.54 Å². The van der Waals surface area contributed by atoms with Crippen molar-refractivity contribution in [2.24, 2.45) is 5.73 Å². The van der Waals surface area contributed by atoms with Gasteiger partial charge >= 0.3 is 6.61 Å². The molecule has 1 atom stereocenters. The zero-order chi connectivity index (χ0) is 17.7. The first-order valence-corrected chi connectivity index (χ1v) is 8.42. The maximum absolute atomic E-state index is 12.3. The van der Waals surface area contributed by atoms with Gasteiger partial charge in [-0.3, -0.25) is 4.79 Å². The third-order valence-electron chi connectivity index (χ3n) is 3.57. The number of hydrogen-bond acceptors (Lipinski definition) is 4. The van der Waals surface area contributed by atoms with Crippen LogP contribution in [-0.4, -0.2) is 19.1 Å². The van der Waals surface area contributed by atoms with Crippen LogP contribution < -0.4 is 15.8 Å². The first-order chi connectivity index (χ1) is 11.4. The minimum Gasteiger partial charge on any atom is -0.433 e. The van der Waals surface area contributed by atoms with E-state index in [0.29, 0.717) is 5.92 Å². The van der Waals surface area contributed by atoms with Gasteiger partial charge in [0.05, 0.1) is 0 Å². The average Bonchev–Trinajstić information content (AvgIpc) is 2.99. The summed E-state index contributed by atoms with van der Waals surface area (Å²) in [7, 11) is 0. The Hall–Kier alpha value is -1.70. The maximum atomic E-state index is 12.3. The van der Waals surface area contributed by atoms with Crippen LogP contribution in [0, 0.1) is 0 Å². The third-order valence-corrected chi connectivity index (χ3v) is 4.46. The molecule has 0 aliphatic heterocycles. The number of rotatable bonds is 7. The Morgan fingerprint density at radius 1 is 1.20 bits per heavy atom. The van der Waals surface area contributed by atoms with E-state index in [0.717, 1.165) is 16.9 Å². The Morgan fingerprint density at radius 3 is 2.36 bits per heavy atom. The zero-order valence-electron chi connectivity index (χ0n) is 13.9. The topological polar surface area (TPSA) is 64.3 Å². The van der Waals surface area contributed by atoms with E-state index in [1.165, 1.54) is 17.0 Å². The van der Waals surface area contributed by atoms with Gasteiger partial charge in [0.15, 0.2) is 0 Å². The monoisotopic (exact) mass is 390 g/mol. The van der Waals surface area contributed by atoms with E-state index < -0.39 is 12.5 Å². The van der Waals surface area contributed by atoms with Crippen LogP contribution in [0.1, 0.15) is 46.6 Å². The predicted octanol–water partition coefficient (Wildman–Crippen LogP) is 4.32. The number of thiophene rings is 1. The second kappa shape index (κ2) is 9.70. The van der Waals surface area contributed by atoms with Crippen molar-refractivity contribution in [2.45, 2.75) is 32.4 Å². The highest BCUT2D eigenvalue weighted by Crippen LogP contribution is 2.26. The minimum atomic E-state index is -2.96. The summed E-state index contributed by atoms with van der Waals surface area (Å²) >= 11 is 1.04. The number of hydrogen-bond donors (Lipinski definition) is 2. The lowest BCUT2D eigenvalue weighted by molar-refractivity contribution is -0.0498. The fourth-order valence-corrected chi connectivity index (χ4v) is 2.92. The molecule has 1 aromatic carbocycles. The average molecular weight is 391 g/mol.